The van der Waals surface area contributed by atoms with Gasteiger partial charge in [0.25, 0.3) is 0 Å². The van der Waals surface area contributed by atoms with Crippen molar-refractivity contribution in [2.24, 2.45) is 0 Å². The molecule has 0 aromatic carbocycles. The van der Waals surface area contributed by atoms with E-state index in [1.807, 2.05) is 13.1 Å². The van der Waals surface area contributed by atoms with Gasteiger partial charge >= 0.3 is 6.03 Å². The van der Waals surface area contributed by atoms with E-state index in [4.69, 9.17) is 11.6 Å². The Balaban J connectivity index is 1.79. The van der Waals surface area contributed by atoms with Crippen LogP contribution < -0.4 is 10.2 Å². The molecule has 1 N–H and O–H groups in total. The second-order valence-electron chi connectivity index (χ2n) is 4.80. The molecule has 5 nitrogen and oxygen atoms in total. The zero-order valence-corrected chi connectivity index (χ0v) is 10.9. The molecule has 1 aromatic heterocycles. The van der Waals surface area contributed by atoms with Crippen LogP contribution in [0.5, 0.6) is 0 Å². The summed E-state index contributed by atoms with van der Waals surface area (Å²) in [6.07, 6.45) is 4.35. The number of pyridine rings is 1. The Labute approximate surface area is 111 Å². The highest BCUT2D eigenvalue weighted by Gasteiger charge is 2.40. The summed E-state index contributed by atoms with van der Waals surface area (Å²) in [7, 11) is 1.86. The van der Waals surface area contributed by atoms with Crippen molar-refractivity contribution < 1.29 is 4.79 Å². The monoisotopic (exact) mass is 266 g/mol. The minimum absolute atomic E-state index is 0.0210. The Morgan fingerprint density at radius 3 is 3.17 bits per heavy atom. The molecule has 2 aliphatic rings. The summed E-state index contributed by atoms with van der Waals surface area (Å²) < 4.78 is 0. The molecule has 0 radical (unpaired) electrons. The molecule has 0 spiro atoms. The molecular formula is C12H15ClN4O. The average Bonchev–Trinajstić information content (AvgIpc) is 2.65. The minimum atomic E-state index is 0.0210. The molecule has 2 amide bonds. The Morgan fingerprint density at radius 2 is 2.39 bits per heavy atom. The minimum Gasteiger partial charge on any atom is -0.368 e. The third-order valence-electron chi connectivity index (χ3n) is 3.79. The number of anilines is 1. The molecule has 6 heteroatoms. The van der Waals surface area contributed by atoms with E-state index in [0.717, 1.165) is 25.2 Å². The van der Waals surface area contributed by atoms with Crippen LogP contribution in [0, 0.1) is 0 Å². The van der Waals surface area contributed by atoms with E-state index in [2.05, 4.69) is 15.2 Å². The summed E-state index contributed by atoms with van der Waals surface area (Å²) in [5, 5.41) is 3.67. The first-order valence-electron chi connectivity index (χ1n) is 6.04. The number of rotatable bonds is 1. The van der Waals surface area contributed by atoms with E-state index in [0.29, 0.717) is 11.1 Å². The number of hydrogen-bond donors (Lipinski definition) is 1. The number of nitrogens with one attached hydrogen (secondary N) is 1. The number of urea groups is 1. The number of aromatic nitrogens is 1. The van der Waals surface area contributed by atoms with Crippen molar-refractivity contribution in [3.8, 4) is 0 Å². The van der Waals surface area contributed by atoms with Gasteiger partial charge in [-0.05, 0) is 12.5 Å². The number of piperidine rings is 1. The molecule has 2 aliphatic heterocycles. The standard InChI is InChI=1S/C12H15ClN4O/c1-16-11-3-5-17(7-9(11)15-12(16)18)10-2-4-14-6-8(10)13/h2,4,6,9,11H,3,5,7H2,1H3,(H,15,18)/t9-,11+/m1/s1. The number of nitrogens with zero attached hydrogens (tertiary/aromatic N) is 3. The fourth-order valence-corrected chi connectivity index (χ4v) is 3.04. The van der Waals surface area contributed by atoms with Crippen molar-refractivity contribution >= 4 is 23.3 Å². The highest BCUT2D eigenvalue weighted by Crippen LogP contribution is 2.29. The van der Waals surface area contributed by atoms with Gasteiger partial charge in [-0.25, -0.2) is 4.79 Å². The molecule has 2 saturated heterocycles. The zero-order valence-electron chi connectivity index (χ0n) is 10.1. The molecular weight excluding hydrogens is 252 g/mol. The van der Waals surface area contributed by atoms with Gasteiger partial charge < -0.3 is 15.1 Å². The van der Waals surface area contributed by atoms with Crippen molar-refractivity contribution in [2.75, 3.05) is 25.0 Å². The normalized spacial score (nSPS) is 27.1. The number of carbonyl (C=O) groups is 1. The van der Waals surface area contributed by atoms with Crippen LogP contribution in [0.2, 0.25) is 5.02 Å². The predicted octanol–water partition coefficient (Wildman–Crippen LogP) is 1.34. The Morgan fingerprint density at radius 1 is 1.56 bits per heavy atom. The maximum Gasteiger partial charge on any atom is 0.317 e. The van der Waals surface area contributed by atoms with Gasteiger partial charge in [0.2, 0.25) is 0 Å². The lowest BCUT2D eigenvalue weighted by Crippen LogP contribution is -2.50. The van der Waals surface area contributed by atoms with Gasteiger partial charge in [0.1, 0.15) is 0 Å². The maximum atomic E-state index is 11.6. The highest BCUT2D eigenvalue weighted by atomic mass is 35.5. The van der Waals surface area contributed by atoms with Crippen molar-refractivity contribution in [3.63, 3.8) is 0 Å². The number of amides is 2. The van der Waals surface area contributed by atoms with E-state index >= 15 is 0 Å². The average molecular weight is 267 g/mol. The SMILES string of the molecule is CN1C(=O)N[C@@H]2CN(c3ccncc3Cl)CC[C@@H]21. The molecule has 3 heterocycles. The van der Waals surface area contributed by atoms with E-state index in [1.165, 1.54) is 0 Å². The zero-order chi connectivity index (χ0) is 12.7. The Kier molecular flexibility index (Phi) is 2.78. The number of fused-ring (bicyclic) bond motifs is 1. The fourth-order valence-electron chi connectivity index (χ4n) is 2.80. The Bertz CT molecular complexity index is 481. The van der Waals surface area contributed by atoms with Crippen molar-refractivity contribution in [1.82, 2.24) is 15.2 Å². The number of hydrogen-bond acceptors (Lipinski definition) is 3. The molecule has 2 atom stereocenters. The first-order valence-corrected chi connectivity index (χ1v) is 6.42. The Hall–Kier alpha value is -1.49. The molecule has 18 heavy (non-hydrogen) atoms. The van der Waals surface area contributed by atoms with Crippen LogP contribution in [0.15, 0.2) is 18.5 Å². The van der Waals surface area contributed by atoms with Crippen molar-refractivity contribution in [1.29, 1.82) is 0 Å². The summed E-state index contributed by atoms with van der Waals surface area (Å²) >= 11 is 6.16. The van der Waals surface area contributed by atoms with Gasteiger partial charge in [0.05, 0.1) is 22.8 Å². The largest absolute Gasteiger partial charge is 0.368 e. The van der Waals surface area contributed by atoms with Crippen LogP contribution in [0.1, 0.15) is 6.42 Å². The van der Waals surface area contributed by atoms with Gasteiger partial charge in [-0.3, -0.25) is 4.98 Å². The highest BCUT2D eigenvalue weighted by molar-refractivity contribution is 6.33. The lowest BCUT2D eigenvalue weighted by Gasteiger charge is -2.37. The third kappa shape index (κ3) is 1.79. The van der Waals surface area contributed by atoms with Gasteiger partial charge in [-0.1, -0.05) is 11.6 Å². The topological polar surface area (TPSA) is 48.5 Å². The van der Waals surface area contributed by atoms with Gasteiger partial charge in [-0.2, -0.15) is 0 Å². The van der Waals surface area contributed by atoms with Gasteiger partial charge in [0.15, 0.2) is 0 Å². The van der Waals surface area contributed by atoms with Crippen LogP contribution in [0.4, 0.5) is 10.5 Å². The van der Waals surface area contributed by atoms with Crippen LogP contribution in [0.3, 0.4) is 0 Å². The van der Waals surface area contributed by atoms with E-state index in [9.17, 15) is 4.79 Å². The summed E-state index contributed by atoms with van der Waals surface area (Å²) in [5.74, 6) is 0. The summed E-state index contributed by atoms with van der Waals surface area (Å²) in [5.41, 5.74) is 0.994. The molecule has 1 aromatic rings. The molecule has 0 unspecified atom stereocenters. The maximum absolute atomic E-state index is 11.6. The van der Waals surface area contributed by atoms with Crippen LogP contribution in [-0.2, 0) is 0 Å². The van der Waals surface area contributed by atoms with Crippen LogP contribution in [-0.4, -0.2) is 48.1 Å². The van der Waals surface area contributed by atoms with Gasteiger partial charge in [0, 0.05) is 32.5 Å². The second kappa shape index (κ2) is 4.31. The summed E-state index contributed by atoms with van der Waals surface area (Å²) in [6, 6.07) is 2.42. The number of likely N-dealkylation sites (N-methyl/N-ethyl adjacent to an activating group) is 1. The molecule has 0 bridgehead atoms. The fraction of sp³-hybridized carbons (Fsp3) is 0.500. The van der Waals surface area contributed by atoms with Crippen molar-refractivity contribution in [2.45, 2.75) is 18.5 Å². The third-order valence-corrected chi connectivity index (χ3v) is 4.09. The van der Waals surface area contributed by atoms with E-state index in [1.54, 1.807) is 17.3 Å². The molecule has 0 aliphatic carbocycles. The quantitative estimate of drug-likeness (QED) is 0.834. The second-order valence-corrected chi connectivity index (χ2v) is 5.20. The van der Waals surface area contributed by atoms with Crippen molar-refractivity contribution in [3.05, 3.63) is 23.5 Å². The van der Waals surface area contributed by atoms with Crippen LogP contribution >= 0.6 is 11.6 Å². The van der Waals surface area contributed by atoms with Gasteiger partial charge in [-0.15, -0.1) is 0 Å². The number of halogens is 1. The first-order chi connectivity index (χ1) is 8.66. The lowest BCUT2D eigenvalue weighted by molar-refractivity contribution is 0.212. The summed E-state index contributed by atoms with van der Waals surface area (Å²) in [4.78, 5) is 19.6. The van der Waals surface area contributed by atoms with E-state index in [-0.39, 0.29) is 12.1 Å². The number of carbonyl (C=O) groups excluding carboxylic acids is 1. The van der Waals surface area contributed by atoms with E-state index < -0.39 is 0 Å². The predicted molar refractivity (Wildman–Crippen MR) is 69.9 cm³/mol. The smallest absolute Gasteiger partial charge is 0.317 e. The molecule has 2 fully saturated rings. The molecule has 3 rings (SSSR count). The lowest BCUT2D eigenvalue weighted by atomic mass is 10.00. The molecule has 96 valence electrons. The first kappa shape index (κ1) is 11.6. The summed E-state index contributed by atoms with van der Waals surface area (Å²) in [6.45, 7) is 1.70. The van der Waals surface area contributed by atoms with Crippen LogP contribution in [0.25, 0.3) is 0 Å². The molecule has 0 saturated carbocycles.